The largest absolute Gasteiger partial charge is 0.461 e. The molecule has 4 unspecified atom stereocenters. The number of unbranched alkanes of at least 4 members (excludes halogenated alkanes) is 7. The second kappa shape index (κ2) is 18.9. The van der Waals surface area contributed by atoms with Crippen LogP contribution in [0.3, 0.4) is 0 Å². The van der Waals surface area contributed by atoms with E-state index >= 15 is 0 Å². The molecule has 0 heterocycles. The highest BCUT2D eigenvalue weighted by molar-refractivity contribution is 5.75. The van der Waals surface area contributed by atoms with E-state index in [0.29, 0.717) is 19.4 Å². The van der Waals surface area contributed by atoms with E-state index in [1.807, 2.05) is 30.3 Å². The summed E-state index contributed by atoms with van der Waals surface area (Å²) in [4.78, 5) is 34.1. The Hall–Kier alpha value is -2.40. The van der Waals surface area contributed by atoms with Gasteiger partial charge in [0.15, 0.2) is 0 Å². The SMILES string of the molecule is O=NC(CO)C(O)C(O)C(O)CNC(=O)CCCCCCCCCCC(=O)OCc1ccccc1. The number of ether oxygens (including phenoxy) is 1. The maximum absolute atomic E-state index is 11.9. The molecule has 4 atom stereocenters. The molecule has 0 radical (unpaired) electrons. The van der Waals surface area contributed by atoms with Crippen molar-refractivity contribution in [1.29, 1.82) is 0 Å². The second-order valence-corrected chi connectivity index (χ2v) is 8.68. The Labute approximate surface area is 206 Å². The van der Waals surface area contributed by atoms with Crippen LogP contribution in [0.15, 0.2) is 35.5 Å². The van der Waals surface area contributed by atoms with Gasteiger partial charge in [-0.15, -0.1) is 0 Å². The summed E-state index contributed by atoms with van der Waals surface area (Å²) in [5.74, 6) is -0.449. The number of nitrogens with one attached hydrogen (secondary N) is 1. The Balaban J connectivity index is 1.96. The third-order valence-corrected chi connectivity index (χ3v) is 5.75. The first-order chi connectivity index (χ1) is 16.9. The van der Waals surface area contributed by atoms with Crippen molar-refractivity contribution in [3.05, 3.63) is 40.8 Å². The molecule has 10 nitrogen and oxygen atoms in total. The molecule has 0 saturated heterocycles. The standard InChI is InChI=1S/C25H40N2O8/c28-17-20(27-34)24(32)25(33)21(29)16-26-22(30)14-10-5-3-1-2-4-6-11-15-23(31)35-18-19-12-8-7-9-13-19/h7-9,12-13,20-21,24-25,28-29,32-33H,1-6,10-11,14-18H2,(H,26,30). The van der Waals surface area contributed by atoms with Gasteiger partial charge < -0.3 is 30.5 Å². The molecule has 1 amide bonds. The predicted octanol–water partition coefficient (Wildman–Crippen LogP) is 1.96. The van der Waals surface area contributed by atoms with Gasteiger partial charge in [-0.2, -0.15) is 4.91 Å². The minimum absolute atomic E-state index is 0.169. The number of aliphatic hydroxyl groups is 4. The zero-order chi connectivity index (χ0) is 25.9. The van der Waals surface area contributed by atoms with Crippen LogP contribution in [0.4, 0.5) is 0 Å². The first kappa shape index (κ1) is 30.6. The van der Waals surface area contributed by atoms with Gasteiger partial charge in [-0.25, -0.2) is 0 Å². The zero-order valence-corrected chi connectivity index (χ0v) is 20.3. The van der Waals surface area contributed by atoms with Gasteiger partial charge in [0.05, 0.1) is 12.7 Å². The lowest BCUT2D eigenvalue weighted by atomic mass is 10.0. The predicted molar refractivity (Wildman–Crippen MR) is 130 cm³/mol. The maximum atomic E-state index is 11.9. The van der Waals surface area contributed by atoms with Crippen molar-refractivity contribution < 1.29 is 34.8 Å². The second-order valence-electron chi connectivity index (χ2n) is 8.68. The number of rotatable bonds is 20. The molecule has 0 aliphatic carbocycles. The summed E-state index contributed by atoms with van der Waals surface area (Å²) in [5, 5.41) is 43.2. The van der Waals surface area contributed by atoms with E-state index in [1.165, 1.54) is 0 Å². The normalized spacial score (nSPS) is 14.5. The molecular formula is C25H40N2O8. The molecule has 0 spiro atoms. The molecule has 1 aromatic rings. The van der Waals surface area contributed by atoms with E-state index < -0.39 is 31.0 Å². The number of carbonyl (C=O) groups is 2. The summed E-state index contributed by atoms with van der Waals surface area (Å²) in [7, 11) is 0. The van der Waals surface area contributed by atoms with Crippen molar-refractivity contribution in [3.63, 3.8) is 0 Å². The van der Waals surface area contributed by atoms with Crippen LogP contribution >= 0.6 is 0 Å². The van der Waals surface area contributed by atoms with Gasteiger partial charge in [-0.3, -0.25) is 9.59 Å². The molecule has 0 aliphatic rings. The van der Waals surface area contributed by atoms with E-state index in [-0.39, 0.29) is 24.8 Å². The highest BCUT2D eigenvalue weighted by Gasteiger charge is 2.32. The zero-order valence-electron chi connectivity index (χ0n) is 20.3. The Bertz CT molecular complexity index is 719. The fourth-order valence-corrected chi connectivity index (χ4v) is 3.51. The number of hydrogen-bond acceptors (Lipinski definition) is 9. The third kappa shape index (κ3) is 13.9. The maximum Gasteiger partial charge on any atom is 0.306 e. The number of nitroso groups, excluding NO2 is 1. The van der Waals surface area contributed by atoms with Gasteiger partial charge in [-0.1, -0.05) is 74.0 Å². The topological polar surface area (TPSA) is 166 Å². The number of benzene rings is 1. The number of aliphatic hydroxyl groups excluding tert-OH is 4. The highest BCUT2D eigenvalue weighted by Crippen LogP contribution is 2.12. The number of hydrogen-bond donors (Lipinski definition) is 5. The lowest BCUT2D eigenvalue weighted by molar-refractivity contribution is -0.145. The summed E-state index contributed by atoms with van der Waals surface area (Å²) in [6.07, 6.45) is 3.35. The first-order valence-electron chi connectivity index (χ1n) is 12.3. The van der Waals surface area contributed by atoms with Crippen LogP contribution < -0.4 is 5.32 Å². The number of carbonyl (C=O) groups excluding carboxylic acids is 2. The Morgan fingerprint density at radius 3 is 2.00 bits per heavy atom. The van der Waals surface area contributed by atoms with Gasteiger partial charge in [0, 0.05) is 19.4 Å². The summed E-state index contributed by atoms with van der Waals surface area (Å²) in [6, 6.07) is 8.15. The van der Waals surface area contributed by atoms with Crippen molar-refractivity contribution in [3.8, 4) is 0 Å². The number of nitrogens with zero attached hydrogens (tertiary/aromatic N) is 1. The van der Waals surface area contributed by atoms with Crippen molar-refractivity contribution in [2.45, 2.75) is 95.2 Å². The van der Waals surface area contributed by atoms with E-state index in [9.17, 15) is 29.8 Å². The molecule has 0 aliphatic heterocycles. The van der Waals surface area contributed by atoms with E-state index in [0.717, 1.165) is 50.5 Å². The monoisotopic (exact) mass is 496 g/mol. The smallest absolute Gasteiger partial charge is 0.306 e. The Morgan fingerprint density at radius 2 is 1.43 bits per heavy atom. The van der Waals surface area contributed by atoms with Gasteiger partial charge in [0.1, 0.15) is 24.9 Å². The van der Waals surface area contributed by atoms with E-state index in [2.05, 4.69) is 10.5 Å². The van der Waals surface area contributed by atoms with E-state index in [4.69, 9.17) is 9.84 Å². The van der Waals surface area contributed by atoms with Crippen molar-refractivity contribution in [1.82, 2.24) is 5.32 Å². The molecule has 35 heavy (non-hydrogen) atoms. The molecular weight excluding hydrogens is 456 g/mol. The molecule has 0 saturated carbocycles. The van der Waals surface area contributed by atoms with Crippen LogP contribution in [0.1, 0.15) is 69.8 Å². The fourth-order valence-electron chi connectivity index (χ4n) is 3.51. The van der Waals surface area contributed by atoms with Crippen LogP contribution in [-0.2, 0) is 20.9 Å². The quantitative estimate of drug-likeness (QED) is 0.104. The van der Waals surface area contributed by atoms with Crippen LogP contribution in [-0.4, -0.2) is 69.8 Å². The fraction of sp³-hybridized carbons (Fsp3) is 0.680. The van der Waals surface area contributed by atoms with Crippen LogP contribution in [0.25, 0.3) is 0 Å². The molecule has 1 rings (SSSR count). The van der Waals surface area contributed by atoms with E-state index in [1.54, 1.807) is 0 Å². The molecule has 0 aromatic heterocycles. The lowest BCUT2D eigenvalue weighted by Crippen LogP contribution is -2.49. The van der Waals surface area contributed by atoms with Crippen LogP contribution in [0, 0.1) is 4.91 Å². The highest BCUT2D eigenvalue weighted by atomic mass is 16.5. The van der Waals surface area contributed by atoms with Crippen LogP contribution in [0.5, 0.6) is 0 Å². The van der Waals surface area contributed by atoms with Gasteiger partial charge in [0.2, 0.25) is 5.91 Å². The van der Waals surface area contributed by atoms with Crippen molar-refractivity contribution in [2.24, 2.45) is 5.18 Å². The minimum atomic E-state index is -1.72. The van der Waals surface area contributed by atoms with Crippen molar-refractivity contribution in [2.75, 3.05) is 13.2 Å². The molecule has 0 bridgehead atoms. The molecule has 198 valence electrons. The van der Waals surface area contributed by atoms with Gasteiger partial charge in [0.25, 0.3) is 0 Å². The van der Waals surface area contributed by atoms with Crippen LogP contribution in [0.2, 0.25) is 0 Å². The average molecular weight is 497 g/mol. The third-order valence-electron chi connectivity index (χ3n) is 5.75. The summed E-state index contributed by atoms with van der Waals surface area (Å²) in [5.41, 5.74) is 0.982. The summed E-state index contributed by atoms with van der Waals surface area (Å²) in [6.45, 7) is -0.730. The lowest BCUT2D eigenvalue weighted by Gasteiger charge is -2.25. The number of esters is 1. The van der Waals surface area contributed by atoms with Crippen molar-refractivity contribution >= 4 is 11.9 Å². The molecule has 10 heteroatoms. The molecule has 0 fully saturated rings. The first-order valence-corrected chi connectivity index (χ1v) is 12.3. The summed E-state index contributed by atoms with van der Waals surface area (Å²) >= 11 is 0. The van der Waals surface area contributed by atoms with Gasteiger partial charge in [-0.05, 0) is 18.4 Å². The number of amides is 1. The molecule has 1 aromatic carbocycles. The van der Waals surface area contributed by atoms with Gasteiger partial charge >= 0.3 is 5.97 Å². The molecule has 5 N–H and O–H groups in total. The Kier molecular flexibility index (Phi) is 16.5. The average Bonchev–Trinajstić information content (AvgIpc) is 2.87. The Morgan fingerprint density at radius 1 is 0.857 bits per heavy atom. The summed E-state index contributed by atoms with van der Waals surface area (Å²) < 4.78 is 5.26. The minimum Gasteiger partial charge on any atom is -0.461 e.